The van der Waals surface area contributed by atoms with Crippen molar-refractivity contribution in [2.24, 2.45) is 0 Å². The topological polar surface area (TPSA) is 98.7 Å². The molecular weight excluding hydrogens is 467 g/mol. The van der Waals surface area contributed by atoms with Gasteiger partial charge in [0.15, 0.2) is 5.82 Å². The average Bonchev–Trinajstić information content (AvgIpc) is 3.21. The maximum Gasteiger partial charge on any atom is 0.243 e. The maximum atomic E-state index is 15.8. The van der Waals surface area contributed by atoms with E-state index in [1.54, 1.807) is 12.3 Å². The lowest BCUT2D eigenvalue weighted by atomic mass is 9.90. The fraction of sp³-hybridized carbons (Fsp3) is 0.0769. The fourth-order valence-corrected chi connectivity index (χ4v) is 5.01. The summed E-state index contributed by atoms with van der Waals surface area (Å²) in [6, 6.07) is 12.4. The van der Waals surface area contributed by atoms with Crippen molar-refractivity contribution in [3.63, 3.8) is 0 Å². The molecule has 0 aliphatic carbocycles. The molecule has 35 heavy (non-hydrogen) atoms. The van der Waals surface area contributed by atoms with Gasteiger partial charge in [-0.1, -0.05) is 42.4 Å². The number of pyridine rings is 1. The van der Waals surface area contributed by atoms with Gasteiger partial charge in [0, 0.05) is 34.8 Å². The zero-order chi connectivity index (χ0) is 24.3. The second-order valence-corrected chi connectivity index (χ2v) is 8.71. The van der Waals surface area contributed by atoms with Crippen molar-refractivity contribution in [2.75, 3.05) is 5.73 Å². The third-order valence-electron chi connectivity index (χ3n) is 6.35. The van der Waals surface area contributed by atoms with Crippen LogP contribution in [0.3, 0.4) is 0 Å². The number of anilines is 1. The number of carbonyl (C=O) groups is 1. The van der Waals surface area contributed by atoms with E-state index in [0.717, 1.165) is 16.5 Å². The third-order valence-corrected chi connectivity index (χ3v) is 6.65. The molecule has 0 bridgehead atoms. The molecular formula is C26H18ClFN6O. The Kier molecular flexibility index (Phi) is 4.79. The Morgan fingerprint density at radius 2 is 2.03 bits per heavy atom. The van der Waals surface area contributed by atoms with Gasteiger partial charge in [-0.3, -0.25) is 9.78 Å². The van der Waals surface area contributed by atoms with E-state index in [2.05, 4.69) is 26.8 Å². The van der Waals surface area contributed by atoms with E-state index in [1.807, 2.05) is 34.9 Å². The molecule has 1 amide bonds. The molecule has 0 saturated carbocycles. The number of hydrogen-bond donors (Lipinski definition) is 2. The van der Waals surface area contributed by atoms with E-state index < -0.39 is 11.9 Å². The minimum Gasteiger partial charge on any atom is -0.383 e. The van der Waals surface area contributed by atoms with Gasteiger partial charge in [-0.05, 0) is 29.8 Å². The van der Waals surface area contributed by atoms with Crippen LogP contribution in [0, 0.1) is 5.82 Å². The van der Waals surface area contributed by atoms with E-state index in [1.165, 1.54) is 18.5 Å². The maximum absolute atomic E-state index is 15.8. The number of nitrogens with one attached hydrogen (secondary N) is 1. The Morgan fingerprint density at radius 1 is 1.20 bits per heavy atom. The molecule has 4 heterocycles. The number of nitrogen functional groups attached to an aromatic ring is 1. The molecule has 1 atom stereocenters. The summed E-state index contributed by atoms with van der Waals surface area (Å²) in [6.45, 7) is 3.83. The number of carbonyl (C=O) groups excluding carboxylic acids is 1. The largest absolute Gasteiger partial charge is 0.383 e. The van der Waals surface area contributed by atoms with E-state index in [0.29, 0.717) is 34.4 Å². The number of nitrogens with zero attached hydrogens (tertiary/aromatic N) is 4. The quantitative estimate of drug-likeness (QED) is 0.349. The molecule has 3 aromatic heterocycles. The van der Waals surface area contributed by atoms with Gasteiger partial charge in [-0.15, -0.1) is 0 Å². The van der Waals surface area contributed by atoms with E-state index in [9.17, 15) is 4.79 Å². The lowest BCUT2D eigenvalue weighted by Gasteiger charge is -2.29. The highest BCUT2D eigenvalue weighted by Crippen LogP contribution is 2.49. The molecule has 0 spiro atoms. The van der Waals surface area contributed by atoms with Gasteiger partial charge in [0.1, 0.15) is 17.8 Å². The number of hydrogen-bond acceptors (Lipinski definition) is 5. The summed E-state index contributed by atoms with van der Waals surface area (Å²) in [5.74, 6) is -0.702. The number of rotatable bonds is 3. The molecule has 9 heteroatoms. The summed E-state index contributed by atoms with van der Waals surface area (Å²) in [6.07, 6.45) is 4.29. The van der Waals surface area contributed by atoms with E-state index in [4.69, 9.17) is 17.3 Å². The lowest BCUT2D eigenvalue weighted by Crippen LogP contribution is -2.33. The van der Waals surface area contributed by atoms with Crippen molar-refractivity contribution in [1.82, 2.24) is 24.8 Å². The molecule has 0 radical (unpaired) electrons. The number of aromatic nitrogens is 4. The number of nitrogens with two attached hydrogens (primary N) is 1. The Morgan fingerprint density at radius 3 is 2.86 bits per heavy atom. The molecule has 1 unspecified atom stereocenters. The Balaban J connectivity index is 1.73. The highest BCUT2D eigenvalue weighted by Gasteiger charge is 2.35. The SMILES string of the molecule is C=CC(=O)NC1Cn2c(c(-c3cnc4ccccc4c3)c3c(N)ncnc32)-c2c1ccc(Cl)c2F. The number of halogens is 2. The molecule has 1 aliphatic rings. The van der Waals surface area contributed by atoms with Crippen LogP contribution in [0.1, 0.15) is 11.6 Å². The van der Waals surface area contributed by atoms with Crippen molar-refractivity contribution in [1.29, 1.82) is 0 Å². The van der Waals surface area contributed by atoms with Crippen LogP contribution in [-0.4, -0.2) is 25.4 Å². The first-order chi connectivity index (χ1) is 17.0. The first-order valence-electron chi connectivity index (χ1n) is 10.9. The van der Waals surface area contributed by atoms with Crippen LogP contribution in [0.15, 0.2) is 67.6 Å². The van der Waals surface area contributed by atoms with Crippen LogP contribution >= 0.6 is 11.6 Å². The monoisotopic (exact) mass is 484 g/mol. The number of amides is 1. The van der Waals surface area contributed by atoms with Crippen LogP contribution < -0.4 is 11.1 Å². The second-order valence-electron chi connectivity index (χ2n) is 8.30. The number of fused-ring (bicyclic) bond motifs is 6. The Labute approximate surface area is 204 Å². The minimum atomic E-state index is -0.590. The Bertz CT molecular complexity index is 1700. The predicted molar refractivity (Wildman–Crippen MR) is 134 cm³/mol. The molecule has 0 fully saturated rings. The van der Waals surface area contributed by atoms with Gasteiger partial charge < -0.3 is 15.6 Å². The molecule has 6 rings (SSSR count). The Hall–Kier alpha value is -4.30. The molecule has 2 aromatic carbocycles. The summed E-state index contributed by atoms with van der Waals surface area (Å²) in [4.78, 5) is 25.5. The van der Waals surface area contributed by atoms with Gasteiger partial charge in [0.25, 0.3) is 0 Å². The van der Waals surface area contributed by atoms with Crippen LogP contribution in [0.2, 0.25) is 5.02 Å². The van der Waals surface area contributed by atoms with Crippen LogP contribution in [-0.2, 0) is 11.3 Å². The fourth-order valence-electron chi connectivity index (χ4n) is 4.85. The minimum absolute atomic E-state index is 0.0297. The molecule has 3 N–H and O–H groups in total. The molecule has 7 nitrogen and oxygen atoms in total. The van der Waals surface area contributed by atoms with Crippen LogP contribution in [0.25, 0.3) is 44.3 Å². The van der Waals surface area contributed by atoms with Gasteiger partial charge in [-0.2, -0.15) is 0 Å². The molecule has 5 aromatic rings. The lowest BCUT2D eigenvalue weighted by molar-refractivity contribution is -0.117. The van der Waals surface area contributed by atoms with Crippen molar-refractivity contribution < 1.29 is 9.18 Å². The summed E-state index contributed by atoms with van der Waals surface area (Å²) in [5, 5.41) is 4.37. The van der Waals surface area contributed by atoms with Crippen LogP contribution in [0.5, 0.6) is 0 Å². The zero-order valence-electron chi connectivity index (χ0n) is 18.3. The highest BCUT2D eigenvalue weighted by molar-refractivity contribution is 6.31. The summed E-state index contributed by atoms with van der Waals surface area (Å²) in [7, 11) is 0. The first kappa shape index (κ1) is 21.2. The number of benzene rings is 2. The van der Waals surface area contributed by atoms with Crippen molar-refractivity contribution in [3.8, 4) is 22.4 Å². The average molecular weight is 485 g/mol. The summed E-state index contributed by atoms with van der Waals surface area (Å²) < 4.78 is 17.6. The third kappa shape index (κ3) is 3.18. The van der Waals surface area contributed by atoms with Gasteiger partial charge >= 0.3 is 0 Å². The smallest absolute Gasteiger partial charge is 0.243 e. The molecule has 0 saturated heterocycles. The van der Waals surface area contributed by atoms with Crippen molar-refractivity contribution in [2.45, 2.75) is 12.6 Å². The second kappa shape index (κ2) is 7.89. The summed E-state index contributed by atoms with van der Waals surface area (Å²) >= 11 is 6.25. The van der Waals surface area contributed by atoms with Gasteiger partial charge in [0.05, 0.1) is 27.7 Å². The number of para-hydroxylation sites is 1. The van der Waals surface area contributed by atoms with Crippen molar-refractivity contribution in [3.05, 3.63) is 84.0 Å². The van der Waals surface area contributed by atoms with Crippen molar-refractivity contribution >= 4 is 45.3 Å². The molecule has 172 valence electrons. The molecule has 1 aliphatic heterocycles. The van der Waals surface area contributed by atoms with Gasteiger partial charge in [-0.25, -0.2) is 14.4 Å². The van der Waals surface area contributed by atoms with Crippen LogP contribution in [0.4, 0.5) is 10.2 Å². The van der Waals surface area contributed by atoms with E-state index >= 15 is 4.39 Å². The normalized spacial score (nSPS) is 14.5. The standard InChI is InChI=1S/C26H18ClFN6O/c1-2-19(35)33-18-11-34-24(21-15(18)7-8-16(27)23(21)28)20(22-25(29)31-12-32-26(22)34)14-9-13-5-3-4-6-17(13)30-10-14/h2-10,12,18H,1,11H2,(H,33,35)(H2,29,31,32). The van der Waals surface area contributed by atoms with E-state index in [-0.39, 0.29) is 22.3 Å². The zero-order valence-corrected chi connectivity index (χ0v) is 19.1. The highest BCUT2D eigenvalue weighted by atomic mass is 35.5. The predicted octanol–water partition coefficient (Wildman–Crippen LogP) is 5.05. The van der Waals surface area contributed by atoms with Gasteiger partial charge in [0.2, 0.25) is 5.91 Å². The first-order valence-corrected chi connectivity index (χ1v) is 11.2. The summed E-state index contributed by atoms with van der Waals surface area (Å²) in [5.41, 5.74) is 10.5.